The standard InChI is InChI=1S/C17H15F3N4OS/c1-25-15-8-4-12(5-9-15)10-24-16(21-22-23-24)26-11-13-2-6-14(7-3-13)17(18,19)20/h2-9H,10-11H2,1H3. The maximum Gasteiger partial charge on any atom is 0.416 e. The fourth-order valence-electron chi connectivity index (χ4n) is 2.24. The van der Waals surface area contributed by atoms with Crippen LogP contribution >= 0.6 is 11.8 Å². The summed E-state index contributed by atoms with van der Waals surface area (Å²) in [6, 6.07) is 12.6. The molecule has 3 aromatic rings. The van der Waals surface area contributed by atoms with Gasteiger partial charge in [0.1, 0.15) is 5.75 Å². The van der Waals surface area contributed by atoms with E-state index in [0.717, 1.165) is 29.0 Å². The van der Waals surface area contributed by atoms with E-state index < -0.39 is 11.7 Å². The summed E-state index contributed by atoms with van der Waals surface area (Å²) in [6.07, 6.45) is -4.33. The van der Waals surface area contributed by atoms with Gasteiger partial charge in [0, 0.05) is 5.75 Å². The number of thioether (sulfide) groups is 1. The summed E-state index contributed by atoms with van der Waals surface area (Å²) < 4.78 is 44.6. The molecule has 0 N–H and O–H groups in total. The molecule has 136 valence electrons. The lowest BCUT2D eigenvalue weighted by Gasteiger charge is -2.08. The number of nitrogens with zero attached hydrogens (tertiary/aromatic N) is 4. The lowest BCUT2D eigenvalue weighted by molar-refractivity contribution is -0.137. The minimum atomic E-state index is -4.33. The number of benzene rings is 2. The quantitative estimate of drug-likeness (QED) is 0.604. The van der Waals surface area contributed by atoms with Crippen LogP contribution in [0.2, 0.25) is 0 Å². The Morgan fingerprint density at radius 2 is 1.65 bits per heavy atom. The summed E-state index contributed by atoms with van der Waals surface area (Å²) in [5.74, 6) is 1.24. The third kappa shape index (κ3) is 4.54. The zero-order valence-electron chi connectivity index (χ0n) is 13.8. The molecule has 0 spiro atoms. The van der Waals surface area contributed by atoms with E-state index in [1.807, 2.05) is 24.3 Å². The van der Waals surface area contributed by atoms with Crippen LogP contribution in [-0.2, 0) is 18.5 Å². The molecular formula is C17H15F3N4OS. The van der Waals surface area contributed by atoms with Crippen molar-refractivity contribution >= 4 is 11.8 Å². The summed E-state index contributed by atoms with van der Waals surface area (Å²) in [7, 11) is 1.60. The first-order chi connectivity index (χ1) is 12.5. The molecule has 26 heavy (non-hydrogen) atoms. The second-order valence-corrected chi connectivity index (χ2v) is 6.39. The normalized spacial score (nSPS) is 11.5. The molecule has 0 bridgehead atoms. The molecule has 1 heterocycles. The van der Waals surface area contributed by atoms with Crippen LogP contribution in [0.25, 0.3) is 0 Å². The topological polar surface area (TPSA) is 52.8 Å². The second kappa shape index (κ2) is 7.77. The van der Waals surface area contributed by atoms with Gasteiger partial charge < -0.3 is 4.74 Å². The SMILES string of the molecule is COc1ccc(Cn2nnnc2SCc2ccc(C(F)(F)F)cc2)cc1. The van der Waals surface area contributed by atoms with Gasteiger partial charge in [-0.3, -0.25) is 0 Å². The number of aromatic nitrogens is 4. The van der Waals surface area contributed by atoms with E-state index in [2.05, 4.69) is 15.5 Å². The smallest absolute Gasteiger partial charge is 0.416 e. The number of hydrogen-bond donors (Lipinski definition) is 0. The number of ether oxygens (including phenoxy) is 1. The van der Waals surface area contributed by atoms with Crippen molar-refractivity contribution in [2.45, 2.75) is 23.6 Å². The second-order valence-electron chi connectivity index (χ2n) is 5.45. The van der Waals surface area contributed by atoms with Gasteiger partial charge in [0.05, 0.1) is 19.2 Å². The number of tetrazole rings is 1. The summed E-state index contributed by atoms with van der Waals surface area (Å²) in [6.45, 7) is 0.492. The Morgan fingerprint density at radius 1 is 1.00 bits per heavy atom. The highest BCUT2D eigenvalue weighted by Crippen LogP contribution is 2.30. The van der Waals surface area contributed by atoms with Gasteiger partial charge in [-0.1, -0.05) is 36.0 Å². The van der Waals surface area contributed by atoms with Crippen LogP contribution in [0.4, 0.5) is 13.2 Å². The van der Waals surface area contributed by atoms with Crippen LogP contribution in [-0.4, -0.2) is 27.3 Å². The van der Waals surface area contributed by atoms with Crippen molar-refractivity contribution in [3.63, 3.8) is 0 Å². The van der Waals surface area contributed by atoms with E-state index in [0.29, 0.717) is 17.5 Å². The van der Waals surface area contributed by atoms with Crippen LogP contribution in [0.1, 0.15) is 16.7 Å². The fraction of sp³-hybridized carbons (Fsp3) is 0.235. The Labute approximate surface area is 152 Å². The zero-order chi connectivity index (χ0) is 18.6. The lowest BCUT2D eigenvalue weighted by atomic mass is 10.1. The Morgan fingerprint density at radius 3 is 2.27 bits per heavy atom. The molecule has 9 heteroatoms. The van der Waals surface area contributed by atoms with E-state index in [1.54, 1.807) is 11.8 Å². The van der Waals surface area contributed by atoms with Gasteiger partial charge >= 0.3 is 6.18 Å². The molecule has 5 nitrogen and oxygen atoms in total. The van der Waals surface area contributed by atoms with Crippen molar-refractivity contribution in [1.82, 2.24) is 20.2 Å². The average molecular weight is 380 g/mol. The molecule has 2 aromatic carbocycles. The molecule has 0 aliphatic heterocycles. The lowest BCUT2D eigenvalue weighted by Crippen LogP contribution is -2.05. The van der Waals surface area contributed by atoms with Crippen LogP contribution in [0.5, 0.6) is 5.75 Å². The average Bonchev–Trinajstić information content (AvgIpc) is 3.07. The highest BCUT2D eigenvalue weighted by Gasteiger charge is 2.29. The van der Waals surface area contributed by atoms with Crippen molar-refractivity contribution in [1.29, 1.82) is 0 Å². The van der Waals surface area contributed by atoms with Crippen molar-refractivity contribution in [2.24, 2.45) is 0 Å². The van der Waals surface area contributed by atoms with Gasteiger partial charge in [-0.05, 0) is 45.8 Å². The van der Waals surface area contributed by atoms with Gasteiger partial charge in [-0.15, -0.1) is 5.10 Å². The van der Waals surface area contributed by atoms with E-state index >= 15 is 0 Å². The molecule has 0 aliphatic rings. The van der Waals surface area contributed by atoms with Gasteiger partial charge in [0.15, 0.2) is 0 Å². The Kier molecular flexibility index (Phi) is 5.46. The first-order valence-corrected chi connectivity index (χ1v) is 8.62. The monoisotopic (exact) mass is 380 g/mol. The maximum atomic E-state index is 12.6. The van der Waals surface area contributed by atoms with Gasteiger partial charge in [-0.2, -0.15) is 13.2 Å². The molecule has 0 atom stereocenters. The molecule has 0 saturated carbocycles. The van der Waals surface area contributed by atoms with Crippen molar-refractivity contribution in [2.75, 3.05) is 7.11 Å². The van der Waals surface area contributed by atoms with E-state index in [1.165, 1.54) is 23.9 Å². The van der Waals surface area contributed by atoms with Crippen LogP contribution in [0.3, 0.4) is 0 Å². The molecule has 0 unspecified atom stereocenters. The number of hydrogen-bond acceptors (Lipinski definition) is 5. The van der Waals surface area contributed by atoms with E-state index in [4.69, 9.17) is 4.74 Å². The predicted octanol–water partition coefficient (Wildman–Crippen LogP) is 4.04. The Bertz CT molecular complexity index is 848. The predicted molar refractivity (Wildman–Crippen MR) is 90.9 cm³/mol. The van der Waals surface area contributed by atoms with E-state index in [9.17, 15) is 13.2 Å². The number of halogens is 3. The van der Waals surface area contributed by atoms with Crippen molar-refractivity contribution < 1.29 is 17.9 Å². The van der Waals surface area contributed by atoms with Crippen molar-refractivity contribution in [3.05, 3.63) is 65.2 Å². The minimum Gasteiger partial charge on any atom is -0.497 e. The van der Waals surface area contributed by atoms with Gasteiger partial charge in [-0.25, -0.2) is 4.68 Å². The van der Waals surface area contributed by atoms with Crippen LogP contribution in [0.15, 0.2) is 53.7 Å². The minimum absolute atomic E-state index is 0.473. The maximum absolute atomic E-state index is 12.6. The molecule has 0 aliphatic carbocycles. The van der Waals surface area contributed by atoms with Gasteiger partial charge in [0.2, 0.25) is 5.16 Å². The zero-order valence-corrected chi connectivity index (χ0v) is 14.6. The van der Waals surface area contributed by atoms with Crippen molar-refractivity contribution in [3.8, 4) is 5.75 Å². The Hall–Kier alpha value is -2.55. The molecular weight excluding hydrogens is 365 g/mol. The molecule has 0 fully saturated rings. The third-order valence-electron chi connectivity index (χ3n) is 3.64. The molecule has 0 saturated heterocycles. The molecule has 0 amide bonds. The number of alkyl halides is 3. The summed E-state index contributed by atoms with van der Waals surface area (Å²) in [5.41, 5.74) is 1.12. The summed E-state index contributed by atoms with van der Waals surface area (Å²) in [5, 5.41) is 12.2. The largest absolute Gasteiger partial charge is 0.497 e. The number of rotatable bonds is 6. The van der Waals surface area contributed by atoms with Gasteiger partial charge in [0.25, 0.3) is 0 Å². The first kappa shape index (κ1) is 18.2. The summed E-state index contributed by atoms with van der Waals surface area (Å²) >= 11 is 1.37. The first-order valence-electron chi connectivity index (χ1n) is 7.64. The van der Waals surface area contributed by atoms with E-state index in [-0.39, 0.29) is 0 Å². The molecule has 1 aromatic heterocycles. The Balaban J connectivity index is 1.63. The molecule has 3 rings (SSSR count). The number of methoxy groups -OCH3 is 1. The fourth-order valence-corrected chi connectivity index (χ4v) is 3.07. The highest BCUT2D eigenvalue weighted by atomic mass is 32.2. The summed E-state index contributed by atoms with van der Waals surface area (Å²) in [4.78, 5) is 0. The third-order valence-corrected chi connectivity index (χ3v) is 4.67. The molecule has 0 radical (unpaired) electrons. The van der Waals surface area contributed by atoms with Crippen LogP contribution in [0, 0.1) is 0 Å². The van der Waals surface area contributed by atoms with Crippen LogP contribution < -0.4 is 4.74 Å². The highest BCUT2D eigenvalue weighted by molar-refractivity contribution is 7.98.